The zero-order valence-corrected chi connectivity index (χ0v) is 17.7. The Bertz CT molecular complexity index is 1270. The van der Waals surface area contributed by atoms with Gasteiger partial charge in [-0.3, -0.25) is 20.0 Å². The fourth-order valence-electron chi connectivity index (χ4n) is 2.83. The Balaban J connectivity index is 1.58. The number of nitro groups is 1. The van der Waals surface area contributed by atoms with Gasteiger partial charge in [0.25, 0.3) is 11.6 Å². The summed E-state index contributed by atoms with van der Waals surface area (Å²) in [6.45, 7) is 1.82. The standard InChI is InChI=1S/C21H15ClN4O4S/c1-12-7-15(4-5-17(12)22)30-16-9-13(8-14(10-16)26(28)29)23-21(27)19-11-18(24-25-19)20-3-2-6-31-20/h2-11H,1H3,(H,23,27)(H,24,25). The van der Waals surface area contributed by atoms with Gasteiger partial charge in [-0.25, -0.2) is 0 Å². The Labute approximate surface area is 185 Å². The van der Waals surface area contributed by atoms with Gasteiger partial charge in [-0.15, -0.1) is 11.3 Å². The number of aromatic amines is 1. The summed E-state index contributed by atoms with van der Waals surface area (Å²) in [6.07, 6.45) is 0. The number of carbonyl (C=O) groups is 1. The van der Waals surface area contributed by atoms with E-state index in [4.69, 9.17) is 16.3 Å². The molecule has 0 aliphatic rings. The third-order valence-corrected chi connectivity index (χ3v) is 5.65. The molecule has 0 atom stereocenters. The number of anilines is 1. The summed E-state index contributed by atoms with van der Waals surface area (Å²) in [5.74, 6) is 0.160. The van der Waals surface area contributed by atoms with Crippen LogP contribution in [0.15, 0.2) is 60.0 Å². The largest absolute Gasteiger partial charge is 0.457 e. The van der Waals surface area contributed by atoms with Gasteiger partial charge in [0.2, 0.25) is 0 Å². The van der Waals surface area contributed by atoms with Gasteiger partial charge in [-0.05, 0) is 48.2 Å². The van der Waals surface area contributed by atoms with Gasteiger partial charge in [-0.1, -0.05) is 17.7 Å². The number of non-ortho nitro benzene ring substituents is 1. The average Bonchev–Trinajstić information content (AvgIpc) is 3.42. The monoisotopic (exact) mass is 454 g/mol. The van der Waals surface area contributed by atoms with E-state index in [0.717, 1.165) is 10.4 Å². The Morgan fingerprint density at radius 3 is 2.74 bits per heavy atom. The number of carbonyl (C=O) groups excluding carboxylic acids is 1. The van der Waals surface area contributed by atoms with Crippen molar-refractivity contribution in [3.63, 3.8) is 0 Å². The first-order valence-electron chi connectivity index (χ1n) is 9.03. The van der Waals surface area contributed by atoms with Gasteiger partial charge in [0, 0.05) is 17.2 Å². The van der Waals surface area contributed by atoms with Crippen molar-refractivity contribution >= 4 is 40.2 Å². The summed E-state index contributed by atoms with van der Waals surface area (Å²) in [4.78, 5) is 24.3. The van der Waals surface area contributed by atoms with Crippen LogP contribution in [-0.2, 0) is 0 Å². The Hall–Kier alpha value is -3.69. The zero-order valence-electron chi connectivity index (χ0n) is 16.1. The Morgan fingerprint density at radius 1 is 1.19 bits per heavy atom. The van der Waals surface area contributed by atoms with Gasteiger partial charge in [0.15, 0.2) is 5.69 Å². The number of ether oxygens (including phenoxy) is 1. The van der Waals surface area contributed by atoms with E-state index in [-0.39, 0.29) is 22.8 Å². The van der Waals surface area contributed by atoms with E-state index < -0.39 is 10.8 Å². The van der Waals surface area contributed by atoms with Gasteiger partial charge in [0.05, 0.1) is 27.2 Å². The SMILES string of the molecule is Cc1cc(Oc2cc(NC(=O)c3cc(-c4cccs4)[nH]n3)cc([N+](=O)[O-])c2)ccc1Cl. The van der Waals surface area contributed by atoms with Crippen molar-refractivity contribution in [2.45, 2.75) is 6.92 Å². The molecule has 0 aliphatic heterocycles. The lowest BCUT2D eigenvalue weighted by atomic mass is 10.2. The molecule has 0 radical (unpaired) electrons. The summed E-state index contributed by atoms with van der Waals surface area (Å²) in [5, 5.41) is 23.3. The van der Waals surface area contributed by atoms with Crippen LogP contribution >= 0.6 is 22.9 Å². The molecule has 31 heavy (non-hydrogen) atoms. The fourth-order valence-corrected chi connectivity index (χ4v) is 3.64. The minimum Gasteiger partial charge on any atom is -0.457 e. The number of benzene rings is 2. The Morgan fingerprint density at radius 2 is 2.03 bits per heavy atom. The van der Waals surface area contributed by atoms with Crippen molar-refractivity contribution in [2.75, 3.05) is 5.32 Å². The highest BCUT2D eigenvalue weighted by Gasteiger charge is 2.16. The van der Waals surface area contributed by atoms with Crippen LogP contribution < -0.4 is 10.1 Å². The van der Waals surface area contributed by atoms with E-state index in [0.29, 0.717) is 16.5 Å². The minimum absolute atomic E-state index is 0.158. The molecule has 8 nitrogen and oxygen atoms in total. The lowest BCUT2D eigenvalue weighted by molar-refractivity contribution is -0.384. The quantitative estimate of drug-likeness (QED) is 0.272. The van der Waals surface area contributed by atoms with E-state index in [1.54, 1.807) is 24.3 Å². The summed E-state index contributed by atoms with van der Waals surface area (Å²) in [6, 6.07) is 14.5. The highest BCUT2D eigenvalue weighted by molar-refractivity contribution is 7.13. The fraction of sp³-hybridized carbons (Fsp3) is 0.0476. The van der Waals surface area contributed by atoms with Crippen LogP contribution in [0.3, 0.4) is 0 Å². The van der Waals surface area contributed by atoms with Crippen LogP contribution in [0.5, 0.6) is 11.5 Å². The number of nitro benzene ring substituents is 1. The van der Waals surface area contributed by atoms with E-state index in [1.165, 1.54) is 29.5 Å². The van der Waals surface area contributed by atoms with Crippen molar-refractivity contribution < 1.29 is 14.5 Å². The number of nitrogens with zero attached hydrogens (tertiary/aromatic N) is 2. The summed E-state index contributed by atoms with van der Waals surface area (Å²) in [7, 11) is 0. The molecule has 2 heterocycles. The van der Waals surface area contributed by atoms with Crippen LogP contribution in [0.1, 0.15) is 16.1 Å². The molecular weight excluding hydrogens is 440 g/mol. The number of amides is 1. The predicted molar refractivity (Wildman–Crippen MR) is 119 cm³/mol. The van der Waals surface area contributed by atoms with Crippen LogP contribution in [0, 0.1) is 17.0 Å². The van der Waals surface area contributed by atoms with Gasteiger partial charge >= 0.3 is 0 Å². The third-order valence-electron chi connectivity index (χ3n) is 4.32. The van der Waals surface area contributed by atoms with Gasteiger partial charge < -0.3 is 10.1 Å². The summed E-state index contributed by atoms with van der Waals surface area (Å²) >= 11 is 7.54. The zero-order chi connectivity index (χ0) is 22.0. The molecule has 0 aliphatic carbocycles. The van der Waals surface area contributed by atoms with Crippen LogP contribution in [0.4, 0.5) is 11.4 Å². The van der Waals surface area contributed by atoms with Crippen molar-refractivity contribution in [1.82, 2.24) is 10.2 Å². The molecule has 0 spiro atoms. The molecule has 10 heteroatoms. The van der Waals surface area contributed by atoms with Crippen molar-refractivity contribution in [3.8, 4) is 22.1 Å². The maximum atomic E-state index is 12.6. The number of halogens is 1. The van der Waals surface area contributed by atoms with Gasteiger partial charge in [0.1, 0.15) is 11.5 Å². The van der Waals surface area contributed by atoms with E-state index >= 15 is 0 Å². The number of nitrogens with one attached hydrogen (secondary N) is 2. The lowest BCUT2D eigenvalue weighted by Crippen LogP contribution is -2.12. The second kappa shape index (κ2) is 8.58. The number of hydrogen-bond acceptors (Lipinski definition) is 6. The smallest absolute Gasteiger partial charge is 0.276 e. The van der Waals surface area contributed by atoms with Crippen LogP contribution in [0.2, 0.25) is 5.02 Å². The molecule has 0 unspecified atom stereocenters. The Kier molecular flexibility index (Phi) is 5.70. The third kappa shape index (κ3) is 4.73. The molecule has 4 rings (SSSR count). The number of thiophene rings is 1. The molecule has 0 bridgehead atoms. The molecular formula is C21H15ClN4O4S. The van der Waals surface area contributed by atoms with Crippen molar-refractivity contribution in [1.29, 1.82) is 0 Å². The normalized spacial score (nSPS) is 10.6. The van der Waals surface area contributed by atoms with E-state index in [1.807, 2.05) is 24.4 Å². The first-order valence-corrected chi connectivity index (χ1v) is 10.3. The van der Waals surface area contributed by atoms with Crippen molar-refractivity contribution in [3.05, 3.63) is 86.4 Å². The first-order chi connectivity index (χ1) is 14.9. The maximum Gasteiger partial charge on any atom is 0.276 e. The number of H-pyrrole nitrogens is 1. The minimum atomic E-state index is -0.556. The molecule has 2 aromatic carbocycles. The molecule has 4 aromatic rings. The summed E-state index contributed by atoms with van der Waals surface area (Å²) < 4.78 is 5.75. The van der Waals surface area contributed by atoms with Crippen LogP contribution in [0.25, 0.3) is 10.6 Å². The molecule has 2 aromatic heterocycles. The molecule has 2 N–H and O–H groups in total. The highest BCUT2D eigenvalue weighted by atomic mass is 35.5. The second-order valence-electron chi connectivity index (χ2n) is 6.58. The van der Waals surface area contributed by atoms with Crippen LogP contribution in [-0.4, -0.2) is 21.0 Å². The number of hydrogen-bond donors (Lipinski definition) is 2. The topological polar surface area (TPSA) is 110 Å². The molecule has 1 amide bonds. The first kappa shape index (κ1) is 20.6. The highest BCUT2D eigenvalue weighted by Crippen LogP contribution is 2.31. The molecule has 0 saturated heterocycles. The lowest BCUT2D eigenvalue weighted by Gasteiger charge is -2.10. The van der Waals surface area contributed by atoms with Crippen molar-refractivity contribution in [2.24, 2.45) is 0 Å². The molecule has 0 saturated carbocycles. The number of aryl methyl sites for hydroxylation is 1. The molecule has 156 valence electrons. The molecule has 0 fully saturated rings. The number of aromatic nitrogens is 2. The number of rotatable bonds is 6. The average molecular weight is 455 g/mol. The second-order valence-corrected chi connectivity index (χ2v) is 7.94. The summed E-state index contributed by atoms with van der Waals surface area (Å²) in [5.41, 5.74) is 1.66. The van der Waals surface area contributed by atoms with E-state index in [9.17, 15) is 14.9 Å². The van der Waals surface area contributed by atoms with Gasteiger partial charge in [-0.2, -0.15) is 5.10 Å². The maximum absolute atomic E-state index is 12.6. The predicted octanol–water partition coefficient (Wildman–Crippen LogP) is 6.05. The van der Waals surface area contributed by atoms with E-state index in [2.05, 4.69) is 15.5 Å².